The number of nitrogens with one attached hydrogen (secondary N) is 2. The number of benzene rings is 1. The Labute approximate surface area is 117 Å². The number of carbonyl (C=O) groups excluding carboxylic acids is 2. The summed E-state index contributed by atoms with van der Waals surface area (Å²) in [7, 11) is 1.53. The van der Waals surface area contributed by atoms with Crippen LogP contribution in [0.2, 0.25) is 0 Å². The molecule has 0 aliphatic carbocycles. The van der Waals surface area contributed by atoms with Crippen LogP contribution in [-0.4, -0.2) is 30.1 Å². The van der Waals surface area contributed by atoms with Crippen molar-refractivity contribution in [1.82, 2.24) is 10.6 Å². The fourth-order valence-corrected chi connectivity index (χ4v) is 2.26. The molecule has 108 valence electrons. The van der Waals surface area contributed by atoms with Crippen LogP contribution >= 0.6 is 0 Å². The van der Waals surface area contributed by atoms with Gasteiger partial charge in [0.2, 0.25) is 11.8 Å². The highest BCUT2D eigenvalue weighted by atomic mass is 16.5. The average Bonchev–Trinajstić information content (AvgIpc) is 2.41. The summed E-state index contributed by atoms with van der Waals surface area (Å²) in [6.07, 6.45) is 0.788. The first-order chi connectivity index (χ1) is 9.51. The van der Waals surface area contributed by atoms with Crippen molar-refractivity contribution < 1.29 is 19.4 Å². The molecule has 1 aromatic rings. The maximum atomic E-state index is 11.7. The summed E-state index contributed by atoms with van der Waals surface area (Å²) in [5, 5.41) is 15.4. The molecule has 0 bridgehead atoms. The second-order valence-electron chi connectivity index (χ2n) is 4.82. The average molecular weight is 278 g/mol. The molecule has 1 fully saturated rings. The number of phenolic OH excluding ortho intramolecular Hbond substituents is 1. The standard InChI is InChI=1S/C14H18N2O4/c1-8(10-4-3-9(20-2)7-12(10)17)15-11-5-6-13(18)16-14(11)19/h3-4,7-8,11,15,17H,5-6H2,1-2H3,(H,16,18,19). The number of piperidine rings is 1. The predicted octanol–water partition coefficient (Wildman–Crippen LogP) is 0.857. The minimum absolute atomic E-state index is 0.108. The summed E-state index contributed by atoms with van der Waals surface area (Å²) in [4.78, 5) is 22.8. The Kier molecular flexibility index (Phi) is 4.24. The van der Waals surface area contributed by atoms with Crippen molar-refractivity contribution in [2.24, 2.45) is 0 Å². The fourth-order valence-electron chi connectivity index (χ4n) is 2.26. The summed E-state index contributed by atoms with van der Waals surface area (Å²) in [6, 6.07) is 4.38. The second kappa shape index (κ2) is 5.92. The van der Waals surface area contributed by atoms with Crippen LogP contribution in [-0.2, 0) is 9.59 Å². The van der Waals surface area contributed by atoms with Gasteiger partial charge in [0.05, 0.1) is 13.2 Å². The Balaban J connectivity index is 2.06. The third-order valence-corrected chi connectivity index (χ3v) is 3.39. The van der Waals surface area contributed by atoms with Crippen LogP contribution in [0, 0.1) is 0 Å². The first-order valence-electron chi connectivity index (χ1n) is 6.48. The molecule has 0 aromatic heterocycles. The van der Waals surface area contributed by atoms with Gasteiger partial charge < -0.3 is 9.84 Å². The Hall–Kier alpha value is -2.08. The van der Waals surface area contributed by atoms with Crippen molar-refractivity contribution in [3.8, 4) is 11.5 Å². The molecule has 2 unspecified atom stereocenters. The molecule has 2 atom stereocenters. The van der Waals surface area contributed by atoms with E-state index in [1.165, 1.54) is 13.2 Å². The molecule has 0 radical (unpaired) electrons. The van der Waals surface area contributed by atoms with Gasteiger partial charge in [-0.1, -0.05) is 6.07 Å². The Bertz CT molecular complexity index is 530. The number of ether oxygens (including phenoxy) is 1. The van der Waals surface area contributed by atoms with Crippen molar-refractivity contribution >= 4 is 11.8 Å². The summed E-state index contributed by atoms with van der Waals surface area (Å²) in [5.74, 6) is 0.116. The van der Waals surface area contributed by atoms with Crippen molar-refractivity contribution in [1.29, 1.82) is 0 Å². The Morgan fingerprint density at radius 3 is 2.80 bits per heavy atom. The van der Waals surface area contributed by atoms with E-state index in [1.54, 1.807) is 12.1 Å². The van der Waals surface area contributed by atoms with E-state index in [4.69, 9.17) is 4.74 Å². The van der Waals surface area contributed by atoms with Gasteiger partial charge in [-0.2, -0.15) is 0 Å². The highest BCUT2D eigenvalue weighted by molar-refractivity contribution is 6.00. The number of rotatable bonds is 4. The molecule has 0 saturated carbocycles. The van der Waals surface area contributed by atoms with Crippen molar-refractivity contribution in [3.63, 3.8) is 0 Å². The minimum Gasteiger partial charge on any atom is -0.507 e. The lowest BCUT2D eigenvalue weighted by Crippen LogP contribution is -2.51. The van der Waals surface area contributed by atoms with E-state index < -0.39 is 6.04 Å². The summed E-state index contributed by atoms with van der Waals surface area (Å²) in [5.41, 5.74) is 0.676. The summed E-state index contributed by atoms with van der Waals surface area (Å²) < 4.78 is 5.03. The van der Waals surface area contributed by atoms with E-state index in [-0.39, 0.29) is 23.6 Å². The summed E-state index contributed by atoms with van der Waals surface area (Å²) in [6.45, 7) is 1.85. The van der Waals surface area contributed by atoms with E-state index in [2.05, 4.69) is 10.6 Å². The van der Waals surface area contributed by atoms with Gasteiger partial charge in [-0.3, -0.25) is 20.2 Å². The molecule has 3 N–H and O–H groups in total. The molecule has 20 heavy (non-hydrogen) atoms. The number of aromatic hydroxyl groups is 1. The van der Waals surface area contributed by atoms with Crippen LogP contribution in [0.3, 0.4) is 0 Å². The lowest BCUT2D eigenvalue weighted by atomic mass is 10.0. The van der Waals surface area contributed by atoms with Gasteiger partial charge in [0.15, 0.2) is 0 Å². The molecule has 1 saturated heterocycles. The molecule has 6 heteroatoms. The molecule has 0 spiro atoms. The van der Waals surface area contributed by atoms with E-state index in [0.29, 0.717) is 24.2 Å². The van der Waals surface area contributed by atoms with Gasteiger partial charge in [-0.15, -0.1) is 0 Å². The maximum absolute atomic E-state index is 11.7. The number of amides is 2. The highest BCUT2D eigenvalue weighted by Crippen LogP contribution is 2.28. The first kappa shape index (κ1) is 14.3. The molecule has 1 aromatic carbocycles. The zero-order valence-corrected chi connectivity index (χ0v) is 11.5. The Morgan fingerprint density at radius 1 is 1.45 bits per heavy atom. The number of phenols is 1. The normalized spacial score (nSPS) is 20.4. The summed E-state index contributed by atoms with van der Waals surface area (Å²) >= 11 is 0. The van der Waals surface area contributed by atoms with Gasteiger partial charge in [-0.05, 0) is 19.4 Å². The quantitative estimate of drug-likeness (QED) is 0.711. The van der Waals surface area contributed by atoms with Crippen LogP contribution < -0.4 is 15.4 Å². The van der Waals surface area contributed by atoms with Crippen LogP contribution in [0.25, 0.3) is 0 Å². The van der Waals surface area contributed by atoms with E-state index in [1.807, 2.05) is 6.92 Å². The van der Waals surface area contributed by atoms with Gasteiger partial charge in [-0.25, -0.2) is 0 Å². The largest absolute Gasteiger partial charge is 0.507 e. The molecular weight excluding hydrogens is 260 g/mol. The monoisotopic (exact) mass is 278 g/mol. The van der Waals surface area contributed by atoms with E-state index >= 15 is 0 Å². The van der Waals surface area contributed by atoms with Crippen molar-refractivity contribution in [2.75, 3.05) is 7.11 Å². The second-order valence-corrected chi connectivity index (χ2v) is 4.82. The van der Waals surface area contributed by atoms with Crippen molar-refractivity contribution in [2.45, 2.75) is 31.8 Å². The maximum Gasteiger partial charge on any atom is 0.243 e. The number of hydrogen-bond acceptors (Lipinski definition) is 5. The molecule has 1 heterocycles. The van der Waals surface area contributed by atoms with Crippen molar-refractivity contribution in [3.05, 3.63) is 23.8 Å². The van der Waals surface area contributed by atoms with Crippen LogP contribution in [0.1, 0.15) is 31.4 Å². The zero-order valence-electron chi connectivity index (χ0n) is 11.5. The number of methoxy groups -OCH3 is 1. The Morgan fingerprint density at radius 2 is 2.20 bits per heavy atom. The molecule has 6 nitrogen and oxygen atoms in total. The lowest BCUT2D eigenvalue weighted by Gasteiger charge is -2.26. The molecule has 2 amide bonds. The number of imide groups is 1. The van der Waals surface area contributed by atoms with Gasteiger partial charge in [0.1, 0.15) is 11.5 Å². The molecular formula is C14H18N2O4. The molecule has 1 aliphatic rings. The van der Waals surface area contributed by atoms with Gasteiger partial charge >= 0.3 is 0 Å². The third-order valence-electron chi connectivity index (χ3n) is 3.39. The first-order valence-corrected chi connectivity index (χ1v) is 6.48. The van der Waals surface area contributed by atoms with Gasteiger partial charge in [0.25, 0.3) is 0 Å². The molecule has 1 aliphatic heterocycles. The topological polar surface area (TPSA) is 87.7 Å². The SMILES string of the molecule is COc1ccc(C(C)NC2CCC(=O)NC2=O)c(O)c1. The zero-order chi connectivity index (χ0) is 14.7. The number of carbonyl (C=O) groups is 2. The third kappa shape index (κ3) is 3.08. The minimum atomic E-state index is -0.427. The van der Waals surface area contributed by atoms with Crippen LogP contribution in [0.5, 0.6) is 11.5 Å². The predicted molar refractivity (Wildman–Crippen MR) is 72.4 cm³/mol. The van der Waals surface area contributed by atoms with Crippen LogP contribution in [0.4, 0.5) is 0 Å². The fraction of sp³-hybridized carbons (Fsp3) is 0.429. The highest BCUT2D eigenvalue weighted by Gasteiger charge is 2.28. The smallest absolute Gasteiger partial charge is 0.243 e. The van der Waals surface area contributed by atoms with Gasteiger partial charge in [0, 0.05) is 24.1 Å². The van der Waals surface area contributed by atoms with Crippen LogP contribution in [0.15, 0.2) is 18.2 Å². The molecule has 2 rings (SSSR count). The van der Waals surface area contributed by atoms with E-state index in [9.17, 15) is 14.7 Å². The van der Waals surface area contributed by atoms with E-state index in [0.717, 1.165) is 0 Å². The number of hydrogen-bond donors (Lipinski definition) is 3. The lowest BCUT2D eigenvalue weighted by molar-refractivity contribution is -0.134.